The Morgan fingerprint density at radius 2 is 1.42 bits per heavy atom. The van der Waals surface area contributed by atoms with Crippen molar-refractivity contribution in [2.75, 3.05) is 47.4 Å². The first-order valence-corrected chi connectivity index (χ1v) is 12.9. The molecule has 4 saturated carbocycles. The molecule has 196 valence electrons. The summed E-state index contributed by atoms with van der Waals surface area (Å²) in [5.74, 6) is 2.46. The van der Waals surface area contributed by atoms with Crippen LogP contribution in [0.15, 0.2) is 24.3 Å². The molecule has 5 aliphatic rings. The van der Waals surface area contributed by atoms with Crippen LogP contribution in [0.5, 0.6) is 5.75 Å². The molecule has 0 radical (unpaired) electrons. The molecule has 4 aliphatic carbocycles. The maximum absolute atomic E-state index is 13.2. The fraction of sp³-hybridized carbons (Fsp3) is 0.667. The predicted octanol–water partition coefficient (Wildman–Crippen LogP) is 3.32. The van der Waals surface area contributed by atoms with Gasteiger partial charge in [0.05, 0.1) is 18.7 Å². The molecular weight excluding hydrogens is 464 g/mol. The molecule has 0 atom stereocenters. The smallest absolute Gasteiger partial charge is 0.338 e. The maximum atomic E-state index is 13.2. The van der Waals surface area contributed by atoms with E-state index >= 15 is 0 Å². The van der Waals surface area contributed by atoms with E-state index in [2.05, 4.69) is 0 Å². The Labute approximate surface area is 212 Å². The second-order valence-corrected chi connectivity index (χ2v) is 11.0. The van der Waals surface area contributed by atoms with Crippen molar-refractivity contribution in [1.29, 1.82) is 0 Å². The van der Waals surface area contributed by atoms with Crippen molar-refractivity contribution in [3.63, 3.8) is 0 Å². The topological polar surface area (TPSA) is 94.6 Å². The molecule has 0 N–H and O–H groups in total. The van der Waals surface area contributed by atoms with Gasteiger partial charge < -0.3 is 18.9 Å². The molecule has 5 fully saturated rings. The summed E-state index contributed by atoms with van der Waals surface area (Å²) in [4.78, 5) is 41.3. The summed E-state index contributed by atoms with van der Waals surface area (Å²) < 4.78 is 21.7. The molecule has 0 unspecified atom stereocenters. The van der Waals surface area contributed by atoms with E-state index in [-0.39, 0.29) is 50.4 Å². The Bertz CT molecular complexity index is 926. The van der Waals surface area contributed by atoms with Crippen molar-refractivity contribution >= 4 is 17.8 Å². The van der Waals surface area contributed by atoms with Crippen molar-refractivity contribution in [2.24, 2.45) is 23.2 Å². The van der Waals surface area contributed by atoms with E-state index in [9.17, 15) is 14.4 Å². The zero-order valence-corrected chi connectivity index (χ0v) is 21.1. The minimum atomic E-state index is -0.519. The van der Waals surface area contributed by atoms with E-state index in [1.807, 2.05) is 0 Å². The van der Waals surface area contributed by atoms with Crippen molar-refractivity contribution in [3.05, 3.63) is 29.8 Å². The highest BCUT2D eigenvalue weighted by molar-refractivity contribution is 5.90. The quantitative estimate of drug-likeness (QED) is 0.455. The Balaban J connectivity index is 1.14. The standard InChI is InChI=1S/C27H36N2O7/c1-33-16-28-13-23(14-29(17-34-2)26(28)32)36-25(31)21-3-5-22(6-4-21)35-15-24(30)27-10-18-7-19(11-27)9-20(8-18)12-27/h3-6,18-20,23H,7-17H2,1-2H3. The average Bonchev–Trinajstić information content (AvgIpc) is 2.85. The number of carbonyl (C=O) groups is 3. The fourth-order valence-electron chi connectivity index (χ4n) is 7.17. The van der Waals surface area contributed by atoms with Crippen LogP contribution in [-0.4, -0.2) is 81.1 Å². The summed E-state index contributed by atoms with van der Waals surface area (Å²) >= 11 is 0. The molecule has 1 aromatic rings. The zero-order chi connectivity index (χ0) is 25.3. The lowest BCUT2D eigenvalue weighted by Crippen LogP contribution is -2.57. The number of rotatable bonds is 10. The molecule has 0 aromatic heterocycles. The van der Waals surface area contributed by atoms with Crippen LogP contribution in [0.1, 0.15) is 48.9 Å². The van der Waals surface area contributed by atoms with Crippen molar-refractivity contribution in [2.45, 2.75) is 44.6 Å². The highest BCUT2D eigenvalue weighted by Gasteiger charge is 2.54. The lowest BCUT2D eigenvalue weighted by atomic mass is 9.48. The molecule has 9 heteroatoms. The molecule has 36 heavy (non-hydrogen) atoms. The van der Waals surface area contributed by atoms with E-state index in [0.717, 1.165) is 37.0 Å². The van der Waals surface area contributed by atoms with Gasteiger partial charge >= 0.3 is 12.0 Å². The summed E-state index contributed by atoms with van der Waals surface area (Å²) in [5, 5.41) is 0. The Kier molecular flexibility index (Phi) is 7.21. The SMILES string of the molecule is COCN1CC(OC(=O)c2ccc(OCC(=O)C34CC5CC(CC(C5)C3)C4)cc2)CN(COC)C1=O. The van der Waals surface area contributed by atoms with Crippen LogP contribution in [-0.2, 0) is 19.0 Å². The molecule has 4 bridgehead atoms. The van der Waals surface area contributed by atoms with Crippen LogP contribution >= 0.6 is 0 Å². The van der Waals surface area contributed by atoms with Gasteiger partial charge in [0.15, 0.2) is 5.78 Å². The number of esters is 1. The fourth-order valence-corrected chi connectivity index (χ4v) is 7.17. The van der Waals surface area contributed by atoms with Gasteiger partial charge in [-0.3, -0.25) is 14.6 Å². The third-order valence-corrected chi connectivity index (χ3v) is 8.32. The molecular formula is C27H36N2O7. The lowest BCUT2D eigenvalue weighted by molar-refractivity contribution is -0.146. The summed E-state index contributed by atoms with van der Waals surface area (Å²) in [7, 11) is 3.01. The van der Waals surface area contributed by atoms with Crippen molar-refractivity contribution in [1.82, 2.24) is 9.80 Å². The molecule has 1 aromatic carbocycles. The number of urea groups is 1. The van der Waals surface area contributed by atoms with Gasteiger partial charge in [-0.25, -0.2) is 9.59 Å². The normalized spacial score (nSPS) is 29.5. The number of hydrogen-bond donors (Lipinski definition) is 0. The second kappa shape index (κ2) is 10.4. The number of nitrogens with zero attached hydrogens (tertiary/aromatic N) is 2. The van der Waals surface area contributed by atoms with Crippen molar-refractivity contribution < 1.29 is 33.3 Å². The Hall–Kier alpha value is -2.65. The van der Waals surface area contributed by atoms with Crippen LogP contribution in [0.4, 0.5) is 4.79 Å². The third-order valence-electron chi connectivity index (χ3n) is 8.32. The van der Waals surface area contributed by atoms with Gasteiger partial charge in [0, 0.05) is 19.6 Å². The maximum Gasteiger partial charge on any atom is 0.338 e. The van der Waals surface area contributed by atoms with Gasteiger partial charge in [0.1, 0.15) is 31.9 Å². The number of ketones is 1. The lowest BCUT2D eigenvalue weighted by Gasteiger charge is -2.55. The van der Waals surface area contributed by atoms with Crippen LogP contribution < -0.4 is 4.74 Å². The van der Waals surface area contributed by atoms with Gasteiger partial charge in [-0.15, -0.1) is 0 Å². The first-order chi connectivity index (χ1) is 17.4. The van der Waals surface area contributed by atoms with Gasteiger partial charge in [0.25, 0.3) is 0 Å². The molecule has 1 aliphatic heterocycles. The number of benzene rings is 1. The second-order valence-electron chi connectivity index (χ2n) is 11.0. The summed E-state index contributed by atoms with van der Waals surface area (Å²) in [6.07, 6.45) is 6.48. The highest BCUT2D eigenvalue weighted by Crippen LogP contribution is 2.60. The van der Waals surface area contributed by atoms with Crippen LogP contribution in [0.3, 0.4) is 0 Å². The average molecular weight is 501 g/mol. The minimum absolute atomic E-state index is 0.0801. The highest BCUT2D eigenvalue weighted by atomic mass is 16.5. The molecule has 2 amide bonds. The van der Waals surface area contributed by atoms with E-state index in [1.54, 1.807) is 24.3 Å². The van der Waals surface area contributed by atoms with Gasteiger partial charge in [-0.05, 0) is 80.5 Å². The van der Waals surface area contributed by atoms with Gasteiger partial charge in [-0.1, -0.05) is 0 Å². The Morgan fingerprint density at radius 3 is 1.92 bits per heavy atom. The Morgan fingerprint density at radius 1 is 0.889 bits per heavy atom. The number of hydrogen-bond acceptors (Lipinski definition) is 7. The van der Waals surface area contributed by atoms with E-state index in [0.29, 0.717) is 11.3 Å². The third kappa shape index (κ3) is 5.09. The van der Waals surface area contributed by atoms with E-state index in [1.165, 1.54) is 43.3 Å². The first-order valence-electron chi connectivity index (χ1n) is 12.9. The van der Waals surface area contributed by atoms with Gasteiger partial charge in [0.2, 0.25) is 0 Å². The zero-order valence-electron chi connectivity index (χ0n) is 21.1. The number of amides is 2. The minimum Gasteiger partial charge on any atom is -0.486 e. The predicted molar refractivity (Wildman–Crippen MR) is 129 cm³/mol. The molecule has 1 saturated heterocycles. The van der Waals surface area contributed by atoms with E-state index in [4.69, 9.17) is 18.9 Å². The first kappa shape index (κ1) is 25.0. The van der Waals surface area contributed by atoms with E-state index < -0.39 is 12.1 Å². The largest absolute Gasteiger partial charge is 0.486 e. The van der Waals surface area contributed by atoms with Gasteiger partial charge in [-0.2, -0.15) is 0 Å². The summed E-state index contributed by atoms with van der Waals surface area (Å²) in [6, 6.07) is 6.45. The molecule has 1 heterocycles. The molecule has 0 spiro atoms. The van der Waals surface area contributed by atoms with Crippen molar-refractivity contribution in [3.8, 4) is 5.75 Å². The summed E-state index contributed by atoms with van der Waals surface area (Å²) in [5.41, 5.74) is 0.205. The van der Waals surface area contributed by atoms with Crippen LogP contribution in [0.2, 0.25) is 0 Å². The summed E-state index contributed by atoms with van der Waals surface area (Å²) in [6.45, 7) is 0.761. The number of ether oxygens (including phenoxy) is 4. The number of methoxy groups -OCH3 is 2. The number of carbonyl (C=O) groups excluding carboxylic acids is 3. The number of Topliss-reactive ketones (excluding diaryl/α,β-unsaturated/α-hetero) is 1. The van der Waals surface area contributed by atoms with Crippen LogP contribution in [0, 0.1) is 23.2 Å². The molecule has 9 nitrogen and oxygen atoms in total. The molecule has 6 rings (SSSR count). The monoisotopic (exact) mass is 500 g/mol. The van der Waals surface area contributed by atoms with Crippen LogP contribution in [0.25, 0.3) is 0 Å².